The van der Waals surface area contributed by atoms with E-state index in [0.717, 1.165) is 28.7 Å². The molecule has 1 aliphatic rings. The summed E-state index contributed by atoms with van der Waals surface area (Å²) in [5.41, 5.74) is 2.09. The molecule has 2 aromatic carbocycles. The first-order valence-corrected chi connectivity index (χ1v) is 11.8. The topological polar surface area (TPSA) is 70.6 Å². The van der Waals surface area contributed by atoms with E-state index >= 15 is 0 Å². The molecule has 1 fully saturated rings. The van der Waals surface area contributed by atoms with Gasteiger partial charge < -0.3 is 4.90 Å². The van der Waals surface area contributed by atoms with Crippen LogP contribution in [0.4, 0.5) is 8.78 Å². The number of hydrogen-bond donors (Lipinski definition) is 0. The number of aromatic nitrogens is 1. The van der Waals surface area contributed by atoms with Crippen LogP contribution in [-0.4, -0.2) is 54.7 Å². The zero-order chi connectivity index (χ0) is 23.0. The fourth-order valence-corrected chi connectivity index (χ4v) is 5.19. The van der Waals surface area contributed by atoms with Crippen LogP contribution >= 0.6 is 0 Å². The van der Waals surface area contributed by atoms with Crippen LogP contribution in [0.15, 0.2) is 53.4 Å². The van der Waals surface area contributed by atoms with Gasteiger partial charge in [0.2, 0.25) is 10.0 Å². The normalized spacial score (nSPS) is 15.5. The van der Waals surface area contributed by atoms with Crippen LogP contribution in [0, 0.1) is 11.6 Å². The molecular formula is C23H23F2N3O3S. The van der Waals surface area contributed by atoms with Gasteiger partial charge in [0.25, 0.3) is 5.91 Å². The molecule has 1 aromatic heterocycles. The zero-order valence-electron chi connectivity index (χ0n) is 17.8. The summed E-state index contributed by atoms with van der Waals surface area (Å²) in [6.45, 7) is 4.52. The standard InChI is InChI=1S/C23H23F2N3O3S/c1-15(2)22-14-18(17-5-3-4-6-21(17)26-22)23(29)27-9-11-28(12-10-27)32(30,31)16-7-8-19(24)20(25)13-16/h3-8,13-15H,9-12H2,1-2H3. The lowest BCUT2D eigenvalue weighted by atomic mass is 10.0. The van der Waals surface area contributed by atoms with E-state index in [1.54, 1.807) is 11.0 Å². The average molecular weight is 460 g/mol. The van der Waals surface area contributed by atoms with Crippen LogP contribution in [0.25, 0.3) is 10.9 Å². The van der Waals surface area contributed by atoms with Crippen LogP contribution in [-0.2, 0) is 10.0 Å². The van der Waals surface area contributed by atoms with Gasteiger partial charge in [-0.1, -0.05) is 32.0 Å². The molecule has 1 saturated heterocycles. The molecule has 9 heteroatoms. The molecule has 3 aromatic rings. The number of nitrogens with zero attached hydrogens (tertiary/aromatic N) is 3. The predicted octanol–water partition coefficient (Wildman–Crippen LogP) is 3.78. The Hall–Kier alpha value is -2.91. The highest BCUT2D eigenvalue weighted by atomic mass is 32.2. The Labute approximate surface area is 185 Å². The Balaban J connectivity index is 1.56. The number of pyridine rings is 1. The fraction of sp³-hybridized carbons (Fsp3) is 0.304. The van der Waals surface area contributed by atoms with E-state index in [4.69, 9.17) is 0 Å². The van der Waals surface area contributed by atoms with E-state index in [1.165, 1.54) is 4.31 Å². The van der Waals surface area contributed by atoms with Gasteiger partial charge in [0.15, 0.2) is 11.6 Å². The quantitative estimate of drug-likeness (QED) is 0.595. The number of benzene rings is 2. The van der Waals surface area contributed by atoms with Gasteiger partial charge >= 0.3 is 0 Å². The second-order valence-corrected chi connectivity index (χ2v) is 9.98. The van der Waals surface area contributed by atoms with E-state index in [-0.39, 0.29) is 42.9 Å². The molecule has 1 aliphatic heterocycles. The molecule has 0 bridgehead atoms. The van der Waals surface area contributed by atoms with E-state index < -0.39 is 21.7 Å². The molecule has 0 radical (unpaired) electrons. The first kappa shape index (κ1) is 22.3. The number of halogens is 2. The van der Waals surface area contributed by atoms with Gasteiger partial charge in [-0.05, 0) is 36.2 Å². The number of carbonyl (C=O) groups is 1. The molecule has 2 heterocycles. The molecule has 168 valence electrons. The highest BCUT2D eigenvalue weighted by molar-refractivity contribution is 7.89. The van der Waals surface area contributed by atoms with Gasteiger partial charge in [-0.15, -0.1) is 0 Å². The van der Waals surface area contributed by atoms with Crippen molar-refractivity contribution in [2.45, 2.75) is 24.7 Å². The van der Waals surface area contributed by atoms with Crippen LogP contribution in [0.1, 0.15) is 35.8 Å². The van der Waals surface area contributed by atoms with Crippen molar-refractivity contribution in [2.24, 2.45) is 0 Å². The molecule has 0 N–H and O–H groups in total. The minimum Gasteiger partial charge on any atom is -0.336 e. The smallest absolute Gasteiger partial charge is 0.254 e. The molecular weight excluding hydrogens is 436 g/mol. The number of rotatable bonds is 4. The molecule has 32 heavy (non-hydrogen) atoms. The van der Waals surface area contributed by atoms with Crippen LogP contribution in [0.3, 0.4) is 0 Å². The van der Waals surface area contributed by atoms with E-state index in [2.05, 4.69) is 4.98 Å². The highest BCUT2D eigenvalue weighted by Gasteiger charge is 2.31. The SMILES string of the molecule is CC(C)c1cc(C(=O)N2CCN(S(=O)(=O)c3ccc(F)c(F)c3)CC2)c2ccccc2n1. The molecule has 0 aliphatic carbocycles. The van der Waals surface area contributed by atoms with E-state index in [0.29, 0.717) is 11.6 Å². The number of amides is 1. The third kappa shape index (κ3) is 4.10. The molecule has 0 spiro atoms. The lowest BCUT2D eigenvalue weighted by Crippen LogP contribution is -2.50. The Morgan fingerprint density at radius 2 is 1.66 bits per heavy atom. The van der Waals surface area contributed by atoms with Gasteiger partial charge in [0.1, 0.15) is 0 Å². The largest absolute Gasteiger partial charge is 0.336 e. The monoisotopic (exact) mass is 459 g/mol. The number of carbonyl (C=O) groups excluding carboxylic acids is 1. The van der Waals surface area contributed by atoms with Crippen LogP contribution in [0.2, 0.25) is 0 Å². The lowest BCUT2D eigenvalue weighted by molar-refractivity contribution is 0.0699. The van der Waals surface area contributed by atoms with E-state index in [1.807, 2.05) is 38.1 Å². The third-order valence-corrected chi connectivity index (χ3v) is 7.51. The van der Waals surface area contributed by atoms with Crippen LogP contribution < -0.4 is 0 Å². The summed E-state index contributed by atoms with van der Waals surface area (Å²) < 4.78 is 53.5. The van der Waals surface area contributed by atoms with Crippen molar-refractivity contribution in [3.8, 4) is 0 Å². The molecule has 0 atom stereocenters. The molecule has 0 unspecified atom stereocenters. The van der Waals surface area contributed by atoms with Crippen molar-refractivity contribution in [1.29, 1.82) is 0 Å². The van der Waals surface area contributed by atoms with Crippen molar-refractivity contribution in [1.82, 2.24) is 14.2 Å². The molecule has 6 nitrogen and oxygen atoms in total. The summed E-state index contributed by atoms with van der Waals surface area (Å²) in [6.07, 6.45) is 0. The van der Waals surface area contributed by atoms with E-state index in [9.17, 15) is 22.0 Å². The predicted molar refractivity (Wildman–Crippen MR) is 117 cm³/mol. The molecule has 1 amide bonds. The number of piperazine rings is 1. The van der Waals surface area contributed by atoms with Gasteiger partial charge in [-0.25, -0.2) is 17.2 Å². The number of hydrogen-bond acceptors (Lipinski definition) is 4. The van der Waals surface area contributed by atoms with Gasteiger partial charge in [0.05, 0.1) is 16.0 Å². The Morgan fingerprint density at radius 1 is 0.969 bits per heavy atom. The van der Waals surface area contributed by atoms with Crippen molar-refractivity contribution in [3.05, 3.63) is 71.4 Å². The third-order valence-electron chi connectivity index (χ3n) is 5.61. The Morgan fingerprint density at radius 3 is 2.31 bits per heavy atom. The molecule has 4 rings (SSSR count). The second-order valence-electron chi connectivity index (χ2n) is 8.04. The Bertz CT molecular complexity index is 1290. The molecule has 0 saturated carbocycles. The van der Waals surface area contributed by atoms with Gasteiger partial charge in [-0.2, -0.15) is 4.31 Å². The lowest BCUT2D eigenvalue weighted by Gasteiger charge is -2.34. The van der Waals surface area contributed by atoms with Gasteiger partial charge in [-0.3, -0.25) is 9.78 Å². The van der Waals surface area contributed by atoms with Crippen molar-refractivity contribution >= 4 is 26.8 Å². The first-order chi connectivity index (χ1) is 15.2. The van der Waals surface area contributed by atoms with Crippen molar-refractivity contribution in [3.63, 3.8) is 0 Å². The van der Waals surface area contributed by atoms with Gasteiger partial charge in [0, 0.05) is 37.3 Å². The maximum Gasteiger partial charge on any atom is 0.254 e. The summed E-state index contributed by atoms with van der Waals surface area (Å²) in [7, 11) is -3.99. The maximum absolute atomic E-state index is 13.5. The minimum atomic E-state index is -3.99. The number of para-hydroxylation sites is 1. The van der Waals surface area contributed by atoms with Crippen molar-refractivity contribution in [2.75, 3.05) is 26.2 Å². The Kier molecular flexibility index (Phi) is 5.96. The number of sulfonamides is 1. The van der Waals surface area contributed by atoms with Crippen molar-refractivity contribution < 1.29 is 22.0 Å². The summed E-state index contributed by atoms with van der Waals surface area (Å²) in [5, 5.41) is 0.749. The summed E-state index contributed by atoms with van der Waals surface area (Å²) in [6, 6.07) is 11.8. The second kappa shape index (κ2) is 8.55. The summed E-state index contributed by atoms with van der Waals surface area (Å²) in [4.78, 5) is 19.3. The summed E-state index contributed by atoms with van der Waals surface area (Å²) >= 11 is 0. The van der Waals surface area contributed by atoms with Crippen LogP contribution in [0.5, 0.6) is 0 Å². The fourth-order valence-electron chi connectivity index (χ4n) is 3.76. The maximum atomic E-state index is 13.5. The average Bonchev–Trinajstić information content (AvgIpc) is 2.79. The first-order valence-electron chi connectivity index (χ1n) is 10.3. The zero-order valence-corrected chi connectivity index (χ0v) is 18.6. The highest BCUT2D eigenvalue weighted by Crippen LogP contribution is 2.25. The minimum absolute atomic E-state index is 0.0626. The number of fused-ring (bicyclic) bond motifs is 1. The summed E-state index contributed by atoms with van der Waals surface area (Å²) in [5.74, 6) is -2.37.